The van der Waals surface area contributed by atoms with Crippen LogP contribution in [0.3, 0.4) is 0 Å². The Balaban J connectivity index is 1.17. The summed E-state index contributed by atoms with van der Waals surface area (Å²) in [6.07, 6.45) is 5.29. The second-order valence-electron chi connectivity index (χ2n) is 12.4. The van der Waals surface area contributed by atoms with E-state index >= 15 is 0 Å². The first kappa shape index (κ1) is 38.8. The number of carbonyl (C=O) groups excluding carboxylic acids is 2. The van der Waals surface area contributed by atoms with E-state index in [1.807, 2.05) is 0 Å². The van der Waals surface area contributed by atoms with Gasteiger partial charge in [-0.05, 0) is 88.3 Å². The molecule has 266 valence electrons. The molecule has 0 radical (unpaired) electrons. The lowest BCUT2D eigenvalue weighted by Crippen LogP contribution is -2.37. The molecule has 2 aliphatic heterocycles. The number of rotatable bonds is 19. The van der Waals surface area contributed by atoms with E-state index in [2.05, 4.69) is 9.80 Å². The van der Waals surface area contributed by atoms with Crippen LogP contribution in [-0.4, -0.2) is 111 Å². The van der Waals surface area contributed by atoms with Gasteiger partial charge in [0.25, 0.3) is 0 Å². The largest absolute Gasteiger partial charge is 0.487 e. The summed E-state index contributed by atoms with van der Waals surface area (Å²) in [5.41, 5.74) is 0. The lowest BCUT2D eigenvalue weighted by Gasteiger charge is -2.27. The number of nitrogens with zero attached hydrogens (tertiary/aromatic N) is 4. The molecule has 0 saturated carbocycles. The van der Waals surface area contributed by atoms with Gasteiger partial charge in [0.15, 0.2) is 0 Å². The third kappa shape index (κ3) is 13.7. The highest BCUT2D eigenvalue weighted by Crippen LogP contribution is 2.30. The molecule has 14 heteroatoms. The van der Waals surface area contributed by atoms with E-state index in [0.29, 0.717) is 57.5 Å². The number of hydrogen-bond donors (Lipinski definition) is 0. The number of halogens is 4. The number of ether oxygens (including phenoxy) is 2. The van der Waals surface area contributed by atoms with Gasteiger partial charge in [0.1, 0.15) is 23.7 Å². The fraction of sp³-hybridized carbons (Fsp3) is 0.588. The Morgan fingerprint density at radius 2 is 1.04 bits per heavy atom. The Kier molecular flexibility index (Phi) is 16.1. The second kappa shape index (κ2) is 20.0. The van der Waals surface area contributed by atoms with Crippen molar-refractivity contribution in [2.75, 3.05) is 66.5 Å². The number of carbonyl (C=O) groups is 2. The molecule has 2 fully saturated rings. The molecular weight excluding hydrogens is 702 g/mol. The summed E-state index contributed by atoms with van der Waals surface area (Å²) < 4.78 is 12.5. The van der Waals surface area contributed by atoms with Crippen LogP contribution in [0.15, 0.2) is 36.4 Å². The SMILES string of the molecule is CN(CC[C@H](CN1CCCC1)Oc1ccc(Cl)cc1Cl)OC(=O)CCC(=O)ON(C)CC[C@H](CN1CCCC1)Oc1ccc(Cl)cc1Cl. The molecule has 2 aromatic carbocycles. The molecule has 2 aromatic rings. The van der Waals surface area contributed by atoms with E-state index in [1.165, 1.54) is 10.1 Å². The van der Waals surface area contributed by atoms with E-state index in [4.69, 9.17) is 65.6 Å². The van der Waals surface area contributed by atoms with Gasteiger partial charge in [-0.15, -0.1) is 10.1 Å². The van der Waals surface area contributed by atoms with Crippen LogP contribution >= 0.6 is 46.4 Å². The Morgan fingerprint density at radius 3 is 1.40 bits per heavy atom. The minimum Gasteiger partial charge on any atom is -0.487 e. The maximum Gasteiger partial charge on any atom is 0.325 e. The summed E-state index contributed by atoms with van der Waals surface area (Å²) in [7, 11) is 3.37. The molecule has 48 heavy (non-hydrogen) atoms. The molecular formula is C34H46Cl4N4O6. The summed E-state index contributed by atoms with van der Waals surface area (Å²) in [6.45, 7) is 6.44. The molecule has 10 nitrogen and oxygen atoms in total. The van der Waals surface area contributed by atoms with Crippen molar-refractivity contribution in [2.45, 2.75) is 63.6 Å². The van der Waals surface area contributed by atoms with Crippen LogP contribution in [-0.2, 0) is 19.3 Å². The van der Waals surface area contributed by atoms with Gasteiger partial charge in [-0.2, -0.15) is 0 Å². The van der Waals surface area contributed by atoms with Gasteiger partial charge < -0.3 is 19.1 Å². The fourth-order valence-corrected chi connectivity index (χ4v) is 6.67. The molecule has 0 aromatic heterocycles. The third-order valence-electron chi connectivity index (χ3n) is 8.28. The highest BCUT2D eigenvalue weighted by Gasteiger charge is 2.23. The highest BCUT2D eigenvalue weighted by atomic mass is 35.5. The number of likely N-dealkylation sites (tertiary alicyclic amines) is 2. The number of hydroxylamine groups is 4. The van der Waals surface area contributed by atoms with E-state index in [-0.39, 0.29) is 25.0 Å². The average Bonchev–Trinajstić information content (AvgIpc) is 3.75. The standard InChI is InChI=1S/C34H46Cl4N4O6/c1-39(19-13-27(23-41-15-3-4-16-41)45-31-9-7-25(35)21-29(31)37)47-33(43)11-12-34(44)48-40(2)20-14-28(24-42-17-5-6-18-42)46-32-10-8-26(36)22-30(32)38/h7-10,21-22,27-28H,3-6,11-20,23-24H2,1-2H3/t27-,28-/m1/s1. The molecule has 0 N–H and O–H groups in total. The van der Waals surface area contributed by atoms with Crippen molar-refractivity contribution in [3.05, 3.63) is 56.5 Å². The Morgan fingerprint density at radius 1 is 0.667 bits per heavy atom. The van der Waals surface area contributed by atoms with Crippen LogP contribution in [0.1, 0.15) is 51.4 Å². The monoisotopic (exact) mass is 746 g/mol. The van der Waals surface area contributed by atoms with Crippen LogP contribution in [0.2, 0.25) is 20.1 Å². The zero-order valence-electron chi connectivity index (χ0n) is 27.7. The van der Waals surface area contributed by atoms with Crippen LogP contribution in [0, 0.1) is 0 Å². The van der Waals surface area contributed by atoms with E-state index < -0.39 is 11.9 Å². The molecule has 2 aliphatic rings. The molecule has 0 unspecified atom stereocenters. The van der Waals surface area contributed by atoms with E-state index in [0.717, 1.165) is 65.0 Å². The van der Waals surface area contributed by atoms with Crippen LogP contribution < -0.4 is 9.47 Å². The fourth-order valence-electron chi connectivity index (χ4n) is 5.77. The Hall–Kier alpha value is -2.02. The van der Waals surface area contributed by atoms with E-state index in [1.54, 1.807) is 50.5 Å². The molecule has 0 aliphatic carbocycles. The molecule has 0 spiro atoms. The van der Waals surface area contributed by atoms with Crippen molar-refractivity contribution < 1.29 is 28.7 Å². The lowest BCUT2D eigenvalue weighted by atomic mass is 10.2. The van der Waals surface area contributed by atoms with Crippen molar-refractivity contribution in [3.63, 3.8) is 0 Å². The Bertz CT molecular complexity index is 1230. The molecule has 2 heterocycles. The zero-order chi connectivity index (χ0) is 34.5. The van der Waals surface area contributed by atoms with Crippen LogP contribution in [0.4, 0.5) is 0 Å². The topological polar surface area (TPSA) is 84.0 Å². The van der Waals surface area contributed by atoms with Gasteiger partial charge >= 0.3 is 11.9 Å². The summed E-state index contributed by atoms with van der Waals surface area (Å²) in [4.78, 5) is 40.7. The first-order valence-corrected chi connectivity index (χ1v) is 18.1. The zero-order valence-corrected chi connectivity index (χ0v) is 30.7. The van der Waals surface area contributed by atoms with E-state index in [9.17, 15) is 9.59 Å². The van der Waals surface area contributed by atoms with Crippen LogP contribution in [0.25, 0.3) is 0 Å². The first-order valence-electron chi connectivity index (χ1n) is 16.6. The van der Waals surface area contributed by atoms with Crippen molar-refractivity contribution in [1.29, 1.82) is 0 Å². The van der Waals surface area contributed by atoms with Crippen molar-refractivity contribution in [3.8, 4) is 11.5 Å². The Labute approximate surface area is 303 Å². The first-order chi connectivity index (χ1) is 23.0. The molecule has 0 amide bonds. The van der Waals surface area contributed by atoms with Crippen LogP contribution in [0.5, 0.6) is 11.5 Å². The van der Waals surface area contributed by atoms with Gasteiger partial charge in [-0.1, -0.05) is 46.4 Å². The second-order valence-corrected chi connectivity index (χ2v) is 14.0. The van der Waals surface area contributed by atoms with Crippen molar-refractivity contribution >= 4 is 58.3 Å². The molecule has 2 atom stereocenters. The number of hydrogen-bond acceptors (Lipinski definition) is 10. The van der Waals surface area contributed by atoms with Gasteiger partial charge in [0, 0.05) is 63.2 Å². The molecule has 0 bridgehead atoms. The predicted octanol–water partition coefficient (Wildman–Crippen LogP) is 7.03. The number of benzene rings is 2. The van der Waals surface area contributed by atoms with Gasteiger partial charge in [-0.25, -0.2) is 0 Å². The minimum atomic E-state index is -0.520. The van der Waals surface area contributed by atoms with Gasteiger partial charge in [0.2, 0.25) is 0 Å². The molecule has 2 saturated heterocycles. The average molecular weight is 749 g/mol. The highest BCUT2D eigenvalue weighted by molar-refractivity contribution is 6.36. The van der Waals surface area contributed by atoms with Gasteiger partial charge in [-0.3, -0.25) is 19.4 Å². The predicted molar refractivity (Wildman–Crippen MR) is 189 cm³/mol. The van der Waals surface area contributed by atoms with Crippen molar-refractivity contribution in [2.24, 2.45) is 0 Å². The quantitative estimate of drug-likeness (QED) is 0.140. The summed E-state index contributed by atoms with van der Waals surface area (Å²) >= 11 is 24.8. The maximum absolute atomic E-state index is 12.5. The minimum absolute atomic E-state index is 0.110. The summed E-state index contributed by atoms with van der Waals surface area (Å²) in [5, 5.41) is 4.91. The smallest absolute Gasteiger partial charge is 0.325 e. The normalized spacial score (nSPS) is 16.8. The lowest BCUT2D eigenvalue weighted by molar-refractivity contribution is -0.192. The van der Waals surface area contributed by atoms with Gasteiger partial charge in [0.05, 0.1) is 22.9 Å². The summed E-state index contributed by atoms with van der Waals surface area (Å²) in [6, 6.07) is 10.3. The maximum atomic E-state index is 12.5. The third-order valence-corrected chi connectivity index (χ3v) is 9.34. The summed E-state index contributed by atoms with van der Waals surface area (Å²) in [5.74, 6) is 0.0885. The van der Waals surface area contributed by atoms with Crippen molar-refractivity contribution in [1.82, 2.24) is 19.9 Å². The molecule has 4 rings (SSSR count).